The number of carboxylic acid groups (broad SMARTS) is 1. The topological polar surface area (TPSA) is 581 Å². The molecule has 0 bridgehead atoms. The molecule has 36 heteroatoms. The van der Waals surface area contributed by atoms with Gasteiger partial charge in [0.2, 0.25) is 17.7 Å². The fourth-order valence-corrected chi connectivity index (χ4v) is 9.85. The van der Waals surface area contributed by atoms with E-state index in [2.05, 4.69) is 16.0 Å². The van der Waals surface area contributed by atoms with Crippen LogP contribution in [0.5, 0.6) is 0 Å². The van der Waals surface area contributed by atoms with Crippen molar-refractivity contribution < 1.29 is 164 Å². The third kappa shape index (κ3) is 15.8. The lowest BCUT2D eigenvalue weighted by Crippen LogP contribution is -2.70. The summed E-state index contributed by atoms with van der Waals surface area (Å²) in [5.41, 5.74) is 0. The SMILES string of the molecule is CC(=O)N[C@H]1[C@H](O[C@@H]2[C@H](O)[C@@H](O)[C@H](O[C@@H]([C@@H](O)[C@H](O)CO[C@]3(C(=O)O)C[C@H](O)[C@@H](NC(C)=O)[C@H]([C@H](O)[C@H](O)CO)O3)[C@H](CO)NC(C)=O)O[C@@H]2CO)O[C@H](CO)[C@@H](O[C@@H]2O[C@H](CO)[C@H](O)[C@H](O)[C@H]2O[C@@H]2O[C@@H](C)[C@@H](O)[C@@H](O)[C@@H]2O)[C@@H]1O. The van der Waals surface area contributed by atoms with Gasteiger partial charge in [0, 0.05) is 27.2 Å². The third-order valence-corrected chi connectivity index (χ3v) is 14.2. The molecule has 0 aromatic carbocycles. The summed E-state index contributed by atoms with van der Waals surface area (Å²) in [6.07, 6.45) is -52.6. The third-order valence-electron chi connectivity index (χ3n) is 14.2. The van der Waals surface area contributed by atoms with Crippen molar-refractivity contribution in [1.29, 1.82) is 0 Å². The summed E-state index contributed by atoms with van der Waals surface area (Å²) in [5.74, 6) is -7.65. The van der Waals surface area contributed by atoms with Crippen LogP contribution in [0.4, 0.5) is 0 Å². The molecule has 5 fully saturated rings. The minimum atomic E-state index is -3.05. The molecule has 470 valence electrons. The standard InChI is InChI=1S/C45H77N3O33/c1-12-25(60)30(65)33(68)41(73-12)80-39-31(66)28(63)20(8-51)74-43(39)79-36-21(9-52)75-40(24(29(36)64)48-15(4)56)78-37-22(10-53)76-42(34(69)32(37)67)77-35(16(6-49)46-13(2)54)27(62)19(59)11-72-45(44(70)71)5-17(57)23(47-14(3)55)38(81-45)26(61)18(58)7-50/h12,16-43,49-53,57-69H,5-11H2,1-4H3,(H,46,54)(H,47,55)(H,48,56)(H,70,71)/t12-,16-,17-,18+,19+,20+,21+,22+,23+,24+,25+,26+,27-,28-,29+,30+,31-,32+,33-,34+,35+,36+,37-,38+,39+,40-,41-,42-,43-,45+/m0/s1. The van der Waals surface area contributed by atoms with Crippen LogP contribution in [0.1, 0.15) is 34.1 Å². The number of nitrogens with one attached hydrogen (secondary N) is 3. The molecule has 0 radical (unpaired) electrons. The largest absolute Gasteiger partial charge is 0.477 e. The highest BCUT2D eigenvalue weighted by atomic mass is 16.8. The van der Waals surface area contributed by atoms with Crippen LogP contribution in [0.25, 0.3) is 0 Å². The summed E-state index contributed by atoms with van der Waals surface area (Å²) < 4.78 is 57.1. The van der Waals surface area contributed by atoms with Crippen molar-refractivity contribution in [2.75, 3.05) is 39.6 Å². The van der Waals surface area contributed by atoms with Crippen LogP contribution in [-0.4, -0.2) is 344 Å². The highest BCUT2D eigenvalue weighted by Crippen LogP contribution is 2.37. The molecule has 5 aliphatic heterocycles. The number of rotatable bonds is 25. The molecule has 0 saturated carbocycles. The summed E-state index contributed by atoms with van der Waals surface area (Å²) in [7, 11) is 0. The van der Waals surface area contributed by atoms with Crippen LogP contribution in [0.15, 0.2) is 0 Å². The number of aliphatic hydroxyl groups is 18. The van der Waals surface area contributed by atoms with Crippen LogP contribution < -0.4 is 16.0 Å². The lowest BCUT2D eigenvalue weighted by molar-refractivity contribution is -0.388. The molecule has 0 aliphatic carbocycles. The molecule has 36 nitrogen and oxygen atoms in total. The van der Waals surface area contributed by atoms with Gasteiger partial charge in [0.05, 0.1) is 63.9 Å². The Bertz CT molecular complexity index is 2020. The zero-order chi connectivity index (χ0) is 60.7. The molecular weight excluding hydrogens is 1110 g/mol. The smallest absolute Gasteiger partial charge is 0.364 e. The lowest BCUT2D eigenvalue weighted by atomic mass is 9.88. The van der Waals surface area contributed by atoms with E-state index in [1.807, 2.05) is 0 Å². The molecule has 5 heterocycles. The lowest BCUT2D eigenvalue weighted by Gasteiger charge is -2.50. The number of aliphatic carboxylic acids is 1. The van der Waals surface area contributed by atoms with Crippen LogP contribution >= 0.6 is 0 Å². The van der Waals surface area contributed by atoms with Gasteiger partial charge < -0.3 is 160 Å². The van der Waals surface area contributed by atoms with E-state index in [0.29, 0.717) is 0 Å². The average Bonchev–Trinajstić information content (AvgIpc) is 3.42. The Morgan fingerprint density at radius 2 is 1.09 bits per heavy atom. The normalized spacial score (nSPS) is 42.6. The quantitative estimate of drug-likeness (QED) is 0.0404. The van der Waals surface area contributed by atoms with Crippen molar-refractivity contribution in [3.8, 4) is 0 Å². The molecule has 5 saturated heterocycles. The van der Waals surface area contributed by atoms with Gasteiger partial charge in [-0.15, -0.1) is 0 Å². The second-order valence-corrected chi connectivity index (χ2v) is 20.2. The number of amides is 3. The number of hydrogen-bond acceptors (Lipinski definition) is 32. The first kappa shape index (κ1) is 68.5. The molecule has 5 rings (SSSR count). The Kier molecular flexibility index (Phi) is 25.1. The molecule has 0 aromatic heterocycles. The van der Waals surface area contributed by atoms with Gasteiger partial charge in [0.25, 0.3) is 5.79 Å². The van der Waals surface area contributed by atoms with Gasteiger partial charge in [0.1, 0.15) is 128 Å². The van der Waals surface area contributed by atoms with Gasteiger partial charge in [-0.3, -0.25) is 14.4 Å². The van der Waals surface area contributed by atoms with E-state index < -0.39 is 253 Å². The Morgan fingerprint density at radius 1 is 0.568 bits per heavy atom. The molecular formula is C45H77N3O33. The van der Waals surface area contributed by atoms with Crippen molar-refractivity contribution in [3.05, 3.63) is 0 Å². The Morgan fingerprint density at radius 3 is 1.63 bits per heavy atom. The maximum Gasteiger partial charge on any atom is 0.364 e. The fourth-order valence-electron chi connectivity index (χ4n) is 9.85. The van der Waals surface area contributed by atoms with Crippen LogP contribution in [0.3, 0.4) is 0 Å². The molecule has 5 aliphatic rings. The predicted molar refractivity (Wildman–Crippen MR) is 252 cm³/mol. The van der Waals surface area contributed by atoms with Gasteiger partial charge >= 0.3 is 5.97 Å². The second kappa shape index (κ2) is 29.7. The summed E-state index contributed by atoms with van der Waals surface area (Å²) in [5, 5.41) is 211. The zero-order valence-electron chi connectivity index (χ0n) is 43.9. The molecule has 3 amide bonds. The number of hydrogen-bond donors (Lipinski definition) is 22. The highest BCUT2D eigenvalue weighted by molar-refractivity contribution is 5.77. The molecule has 0 unspecified atom stereocenters. The monoisotopic (exact) mass is 1190 g/mol. The predicted octanol–water partition coefficient (Wildman–Crippen LogP) is -13.8. The van der Waals surface area contributed by atoms with Crippen LogP contribution in [0.2, 0.25) is 0 Å². The second-order valence-electron chi connectivity index (χ2n) is 20.2. The molecule has 81 heavy (non-hydrogen) atoms. The van der Waals surface area contributed by atoms with Crippen molar-refractivity contribution in [2.45, 2.75) is 217 Å². The summed E-state index contributed by atoms with van der Waals surface area (Å²) in [4.78, 5) is 49.6. The van der Waals surface area contributed by atoms with Crippen molar-refractivity contribution in [1.82, 2.24) is 16.0 Å². The maximum atomic E-state index is 12.7. The number of carboxylic acids is 1. The van der Waals surface area contributed by atoms with Crippen molar-refractivity contribution >= 4 is 23.7 Å². The van der Waals surface area contributed by atoms with E-state index in [-0.39, 0.29) is 0 Å². The van der Waals surface area contributed by atoms with E-state index in [1.165, 1.54) is 6.92 Å². The van der Waals surface area contributed by atoms with Gasteiger partial charge in [-0.05, 0) is 6.92 Å². The maximum absolute atomic E-state index is 12.7. The average molecular weight is 1190 g/mol. The summed E-state index contributed by atoms with van der Waals surface area (Å²) >= 11 is 0. The van der Waals surface area contributed by atoms with Crippen LogP contribution in [-0.2, 0) is 66.5 Å². The Hall–Kier alpha value is -3.24. The molecule has 30 atom stereocenters. The first-order valence-corrected chi connectivity index (χ1v) is 25.5. The first-order valence-electron chi connectivity index (χ1n) is 25.5. The minimum Gasteiger partial charge on any atom is -0.477 e. The van der Waals surface area contributed by atoms with Crippen molar-refractivity contribution in [3.63, 3.8) is 0 Å². The molecule has 0 spiro atoms. The van der Waals surface area contributed by atoms with Gasteiger partial charge in [-0.1, -0.05) is 0 Å². The fraction of sp³-hybridized carbons (Fsp3) is 0.911. The van der Waals surface area contributed by atoms with E-state index in [1.54, 1.807) is 0 Å². The Balaban J connectivity index is 1.36. The van der Waals surface area contributed by atoms with Gasteiger partial charge in [-0.2, -0.15) is 0 Å². The number of aliphatic hydroxyl groups excluding tert-OH is 18. The van der Waals surface area contributed by atoms with Gasteiger partial charge in [0.15, 0.2) is 25.2 Å². The van der Waals surface area contributed by atoms with E-state index in [4.69, 9.17) is 47.4 Å². The van der Waals surface area contributed by atoms with Crippen molar-refractivity contribution in [2.24, 2.45) is 0 Å². The molecule has 22 N–H and O–H groups in total. The van der Waals surface area contributed by atoms with E-state index >= 15 is 0 Å². The van der Waals surface area contributed by atoms with E-state index in [9.17, 15) is 116 Å². The van der Waals surface area contributed by atoms with Gasteiger partial charge in [-0.25, -0.2) is 4.79 Å². The Labute approximate surface area is 459 Å². The minimum absolute atomic E-state index is 0.808. The van der Waals surface area contributed by atoms with E-state index in [0.717, 1.165) is 20.8 Å². The van der Waals surface area contributed by atoms with Crippen LogP contribution in [0, 0.1) is 0 Å². The molecule has 0 aromatic rings. The number of carbonyl (C=O) groups excluding carboxylic acids is 3. The number of carbonyl (C=O) groups is 4. The summed E-state index contributed by atoms with van der Waals surface area (Å²) in [6, 6.07) is -5.21. The summed E-state index contributed by atoms with van der Waals surface area (Å²) in [6.45, 7) is -2.49. The number of ether oxygens (including phenoxy) is 10. The highest BCUT2D eigenvalue weighted by Gasteiger charge is 2.59. The first-order chi connectivity index (χ1) is 38.0. The zero-order valence-corrected chi connectivity index (χ0v) is 43.9.